The number of benzene rings is 1. The zero-order chi connectivity index (χ0) is 16.2. The predicted molar refractivity (Wildman–Crippen MR) is 90.2 cm³/mol. The van der Waals surface area contributed by atoms with Crippen molar-refractivity contribution in [3.05, 3.63) is 29.8 Å². The van der Waals surface area contributed by atoms with Gasteiger partial charge in [-0.05, 0) is 57.0 Å². The molecule has 3 rings (SSSR count). The Morgan fingerprint density at radius 1 is 1.26 bits per heavy atom. The van der Waals surface area contributed by atoms with Gasteiger partial charge in [-0.25, -0.2) is 0 Å². The largest absolute Gasteiger partial charge is 0.349 e. The van der Waals surface area contributed by atoms with Gasteiger partial charge in [0.05, 0.1) is 6.04 Å². The second-order valence-electron chi connectivity index (χ2n) is 6.50. The van der Waals surface area contributed by atoms with E-state index in [2.05, 4.69) is 10.6 Å². The van der Waals surface area contributed by atoms with Gasteiger partial charge < -0.3 is 15.5 Å². The average molecular weight is 315 g/mol. The number of piperidine rings is 1. The molecule has 1 aromatic carbocycles. The van der Waals surface area contributed by atoms with E-state index in [1.54, 1.807) is 0 Å². The van der Waals surface area contributed by atoms with E-state index in [1.165, 1.54) is 0 Å². The molecular formula is C18H25N3O2. The summed E-state index contributed by atoms with van der Waals surface area (Å²) in [5, 5.41) is 6.40. The summed E-state index contributed by atoms with van der Waals surface area (Å²) >= 11 is 0. The van der Waals surface area contributed by atoms with Crippen LogP contribution in [0.25, 0.3) is 0 Å². The number of nitrogens with zero attached hydrogens (tertiary/aromatic N) is 1. The van der Waals surface area contributed by atoms with Crippen LogP contribution in [0.3, 0.4) is 0 Å². The van der Waals surface area contributed by atoms with Crippen molar-refractivity contribution in [2.45, 2.75) is 38.6 Å². The quantitative estimate of drug-likeness (QED) is 0.893. The lowest BCUT2D eigenvalue weighted by atomic mass is 9.96. The Balaban J connectivity index is 1.59. The summed E-state index contributed by atoms with van der Waals surface area (Å²) in [5.74, 6) is 0.475. The number of hydrogen-bond donors (Lipinski definition) is 2. The van der Waals surface area contributed by atoms with Gasteiger partial charge in [-0.1, -0.05) is 12.1 Å². The number of carbonyl (C=O) groups excluding carboxylic acids is 2. The highest BCUT2D eigenvalue weighted by Crippen LogP contribution is 2.24. The van der Waals surface area contributed by atoms with Crippen molar-refractivity contribution in [3.63, 3.8) is 0 Å². The van der Waals surface area contributed by atoms with Crippen molar-refractivity contribution in [2.75, 3.05) is 24.5 Å². The third kappa shape index (κ3) is 3.72. The highest BCUT2D eigenvalue weighted by Gasteiger charge is 2.23. The van der Waals surface area contributed by atoms with E-state index in [1.807, 2.05) is 36.1 Å². The van der Waals surface area contributed by atoms with Gasteiger partial charge in [-0.2, -0.15) is 0 Å². The van der Waals surface area contributed by atoms with Crippen LogP contribution in [0, 0.1) is 5.92 Å². The highest BCUT2D eigenvalue weighted by molar-refractivity contribution is 5.95. The van der Waals surface area contributed by atoms with Crippen molar-refractivity contribution < 1.29 is 9.59 Å². The molecule has 0 aromatic heterocycles. The predicted octanol–water partition coefficient (Wildman–Crippen LogP) is 1.99. The van der Waals surface area contributed by atoms with Crippen LogP contribution in [0.1, 0.15) is 44.2 Å². The first-order valence-corrected chi connectivity index (χ1v) is 8.56. The lowest BCUT2D eigenvalue weighted by Gasteiger charge is -2.24. The van der Waals surface area contributed by atoms with Gasteiger partial charge in [-0.3, -0.25) is 9.59 Å². The van der Waals surface area contributed by atoms with Crippen molar-refractivity contribution in [3.8, 4) is 0 Å². The molecule has 0 radical (unpaired) electrons. The Bertz CT molecular complexity index is 564. The normalized spacial score (nSPS) is 20.6. The zero-order valence-corrected chi connectivity index (χ0v) is 13.7. The van der Waals surface area contributed by atoms with Crippen molar-refractivity contribution in [1.82, 2.24) is 10.6 Å². The fourth-order valence-corrected chi connectivity index (χ4v) is 3.36. The van der Waals surface area contributed by atoms with E-state index in [0.29, 0.717) is 6.42 Å². The molecule has 2 aliphatic rings. The van der Waals surface area contributed by atoms with E-state index >= 15 is 0 Å². The second-order valence-corrected chi connectivity index (χ2v) is 6.50. The smallest absolute Gasteiger partial charge is 0.227 e. The first kappa shape index (κ1) is 16.0. The molecule has 2 amide bonds. The summed E-state index contributed by atoms with van der Waals surface area (Å²) in [6.07, 6.45) is 3.40. The van der Waals surface area contributed by atoms with Gasteiger partial charge in [0.25, 0.3) is 0 Å². The lowest BCUT2D eigenvalue weighted by molar-refractivity contribution is -0.126. The van der Waals surface area contributed by atoms with Gasteiger partial charge in [0.15, 0.2) is 0 Å². The Labute approximate surface area is 137 Å². The fourth-order valence-electron chi connectivity index (χ4n) is 3.36. The van der Waals surface area contributed by atoms with Crippen LogP contribution < -0.4 is 15.5 Å². The van der Waals surface area contributed by atoms with Crippen LogP contribution in [0.15, 0.2) is 24.3 Å². The maximum absolute atomic E-state index is 12.3. The van der Waals surface area contributed by atoms with E-state index in [9.17, 15) is 9.59 Å². The number of nitrogens with one attached hydrogen (secondary N) is 2. The maximum atomic E-state index is 12.3. The molecule has 23 heavy (non-hydrogen) atoms. The molecular weight excluding hydrogens is 290 g/mol. The summed E-state index contributed by atoms with van der Waals surface area (Å²) in [6, 6.07) is 7.96. The first-order valence-electron chi connectivity index (χ1n) is 8.56. The number of carbonyl (C=O) groups is 2. The molecule has 2 heterocycles. The molecule has 2 N–H and O–H groups in total. The Hall–Kier alpha value is -1.88. The van der Waals surface area contributed by atoms with Crippen LogP contribution in [0.4, 0.5) is 5.69 Å². The van der Waals surface area contributed by atoms with Gasteiger partial charge in [0, 0.05) is 24.6 Å². The number of rotatable bonds is 4. The maximum Gasteiger partial charge on any atom is 0.227 e. The molecule has 0 saturated carbocycles. The topological polar surface area (TPSA) is 61.4 Å². The van der Waals surface area contributed by atoms with E-state index in [-0.39, 0.29) is 23.8 Å². The Morgan fingerprint density at radius 3 is 2.57 bits per heavy atom. The van der Waals surface area contributed by atoms with Crippen LogP contribution >= 0.6 is 0 Å². The van der Waals surface area contributed by atoms with Gasteiger partial charge >= 0.3 is 0 Å². The van der Waals surface area contributed by atoms with E-state index < -0.39 is 0 Å². The molecule has 2 saturated heterocycles. The minimum atomic E-state index is -0.0132. The molecule has 0 bridgehead atoms. The van der Waals surface area contributed by atoms with Gasteiger partial charge in [0.2, 0.25) is 11.8 Å². The van der Waals surface area contributed by atoms with Crippen molar-refractivity contribution >= 4 is 17.5 Å². The van der Waals surface area contributed by atoms with Gasteiger partial charge in [0.1, 0.15) is 0 Å². The Kier molecular flexibility index (Phi) is 4.96. The summed E-state index contributed by atoms with van der Waals surface area (Å²) in [6.45, 7) is 4.66. The number of anilines is 1. The first-order chi connectivity index (χ1) is 11.1. The van der Waals surface area contributed by atoms with Crippen LogP contribution in [-0.2, 0) is 9.59 Å². The fraction of sp³-hybridized carbons (Fsp3) is 0.556. The third-order valence-corrected chi connectivity index (χ3v) is 4.85. The van der Waals surface area contributed by atoms with Crippen molar-refractivity contribution in [2.24, 2.45) is 5.92 Å². The van der Waals surface area contributed by atoms with Crippen LogP contribution in [-0.4, -0.2) is 31.4 Å². The minimum absolute atomic E-state index is 0.0132. The van der Waals surface area contributed by atoms with Crippen LogP contribution in [0.5, 0.6) is 0 Å². The van der Waals surface area contributed by atoms with Crippen molar-refractivity contribution in [1.29, 1.82) is 0 Å². The molecule has 0 spiro atoms. The van der Waals surface area contributed by atoms with E-state index in [0.717, 1.165) is 50.1 Å². The Morgan fingerprint density at radius 2 is 1.96 bits per heavy atom. The summed E-state index contributed by atoms with van der Waals surface area (Å²) in [4.78, 5) is 25.9. The molecule has 5 nitrogen and oxygen atoms in total. The molecule has 5 heteroatoms. The second kappa shape index (κ2) is 7.13. The highest BCUT2D eigenvalue weighted by atomic mass is 16.2. The van der Waals surface area contributed by atoms with Crippen LogP contribution in [0.2, 0.25) is 0 Å². The molecule has 1 atom stereocenters. The number of hydrogen-bond acceptors (Lipinski definition) is 3. The average Bonchev–Trinajstić information content (AvgIpc) is 3.02. The third-order valence-electron chi connectivity index (χ3n) is 4.85. The standard InChI is InChI=1S/C18H25N3O2/c1-13(20-18(23)15-8-10-19-11-9-15)14-4-6-16(7-5-14)21-12-2-3-17(21)22/h4-7,13,15,19H,2-3,8-12H2,1H3,(H,20,23). The molecule has 0 aliphatic carbocycles. The summed E-state index contributed by atoms with van der Waals surface area (Å²) in [7, 11) is 0. The number of amides is 2. The molecule has 1 unspecified atom stereocenters. The minimum Gasteiger partial charge on any atom is -0.349 e. The van der Waals surface area contributed by atoms with Gasteiger partial charge in [-0.15, -0.1) is 0 Å². The SMILES string of the molecule is CC(NC(=O)C1CCNCC1)c1ccc(N2CCCC2=O)cc1. The molecule has 1 aromatic rings. The molecule has 2 aliphatic heterocycles. The summed E-state index contributed by atoms with van der Waals surface area (Å²) < 4.78 is 0. The lowest BCUT2D eigenvalue weighted by Crippen LogP contribution is -2.39. The molecule has 2 fully saturated rings. The summed E-state index contributed by atoms with van der Waals surface area (Å²) in [5.41, 5.74) is 2.02. The van der Waals surface area contributed by atoms with E-state index in [4.69, 9.17) is 0 Å². The molecule has 124 valence electrons. The zero-order valence-electron chi connectivity index (χ0n) is 13.7. The monoisotopic (exact) mass is 315 g/mol.